The number of pyridine rings is 1. The van der Waals surface area contributed by atoms with Crippen LogP contribution in [0.3, 0.4) is 0 Å². The normalized spacial score (nSPS) is 11.6. The fourth-order valence-electron chi connectivity index (χ4n) is 3.11. The van der Waals surface area contributed by atoms with Crippen LogP contribution in [-0.4, -0.2) is 27.8 Å². The summed E-state index contributed by atoms with van der Waals surface area (Å²) >= 11 is 0. The zero-order valence-corrected chi connectivity index (χ0v) is 16.1. The number of hydrogen-bond acceptors (Lipinski definition) is 3. The summed E-state index contributed by atoms with van der Waals surface area (Å²) in [5, 5.41) is 3.70. The van der Waals surface area contributed by atoms with Gasteiger partial charge < -0.3 is 19.6 Å². The molecule has 6 nitrogen and oxygen atoms in total. The van der Waals surface area contributed by atoms with Gasteiger partial charge in [0.05, 0.1) is 0 Å². The molecule has 0 saturated carbocycles. The molecule has 0 radical (unpaired) electrons. The third kappa shape index (κ3) is 4.39. The van der Waals surface area contributed by atoms with Crippen molar-refractivity contribution in [3.63, 3.8) is 0 Å². The van der Waals surface area contributed by atoms with Crippen molar-refractivity contribution in [2.75, 3.05) is 6.54 Å². The number of amides is 1. The number of aryl methyl sites for hydroxylation is 1. The second kappa shape index (κ2) is 7.31. The van der Waals surface area contributed by atoms with Crippen LogP contribution in [0.4, 0.5) is 4.79 Å². The monoisotopic (exact) mass is 367 g/mol. The molecule has 0 saturated heterocycles. The molecule has 0 bridgehead atoms. The largest absolute Gasteiger partial charge is 0.444 e. The molecule has 0 fully saturated rings. The summed E-state index contributed by atoms with van der Waals surface area (Å²) in [5.74, 6) is 0. The number of carbonyl (C=O) groups excluding carboxylic acids is 1. The number of nitrogens with one attached hydrogen (secondary N) is 2. The molecular weight excluding hydrogens is 342 g/mol. The van der Waals surface area contributed by atoms with E-state index < -0.39 is 11.7 Å². The Morgan fingerprint density at radius 2 is 2.04 bits per heavy atom. The van der Waals surface area contributed by atoms with E-state index in [4.69, 9.17) is 4.74 Å². The Morgan fingerprint density at radius 1 is 1.26 bits per heavy atom. The number of benzene rings is 1. The van der Waals surface area contributed by atoms with E-state index in [0.717, 1.165) is 22.1 Å². The molecule has 6 heteroatoms. The van der Waals surface area contributed by atoms with Gasteiger partial charge in [-0.2, -0.15) is 0 Å². The summed E-state index contributed by atoms with van der Waals surface area (Å²) < 4.78 is 7.09. The molecule has 2 N–H and O–H groups in total. The van der Waals surface area contributed by atoms with E-state index >= 15 is 0 Å². The van der Waals surface area contributed by atoms with Gasteiger partial charge in [-0.25, -0.2) is 4.79 Å². The van der Waals surface area contributed by atoms with E-state index in [9.17, 15) is 9.59 Å². The van der Waals surface area contributed by atoms with Crippen molar-refractivity contribution in [1.82, 2.24) is 14.9 Å². The number of carbonyl (C=O) groups is 1. The lowest BCUT2D eigenvalue weighted by molar-refractivity contribution is 0.0528. The molecule has 0 aliphatic rings. The zero-order chi connectivity index (χ0) is 19.6. The second-order valence-electron chi connectivity index (χ2n) is 7.60. The SMILES string of the molecule is Cn1cc(-c2cccc(CCNC(=O)OC(C)(C)C)c2)c2cc[nH]c(=O)c21. The highest BCUT2D eigenvalue weighted by molar-refractivity contribution is 5.95. The lowest BCUT2D eigenvalue weighted by Crippen LogP contribution is -2.33. The summed E-state index contributed by atoms with van der Waals surface area (Å²) in [6, 6.07) is 10.1. The smallest absolute Gasteiger partial charge is 0.407 e. The molecule has 3 aromatic rings. The predicted octanol–water partition coefficient (Wildman–Crippen LogP) is 3.60. The average molecular weight is 367 g/mol. The summed E-state index contributed by atoms with van der Waals surface area (Å²) in [6.07, 6.45) is 3.92. The molecule has 3 rings (SSSR count). The van der Waals surface area contributed by atoms with Crippen molar-refractivity contribution in [3.05, 3.63) is 58.6 Å². The van der Waals surface area contributed by atoms with Gasteiger partial charge in [0.15, 0.2) is 0 Å². The van der Waals surface area contributed by atoms with Gasteiger partial charge in [0.25, 0.3) is 5.56 Å². The summed E-state index contributed by atoms with van der Waals surface area (Å²) in [7, 11) is 1.87. The van der Waals surface area contributed by atoms with E-state index in [1.165, 1.54) is 0 Å². The Morgan fingerprint density at radius 3 is 2.78 bits per heavy atom. The van der Waals surface area contributed by atoms with Crippen LogP contribution in [0.2, 0.25) is 0 Å². The summed E-state index contributed by atoms with van der Waals surface area (Å²) in [4.78, 5) is 26.6. The maximum absolute atomic E-state index is 12.1. The fraction of sp³-hybridized carbons (Fsp3) is 0.333. The lowest BCUT2D eigenvalue weighted by atomic mass is 10.0. The van der Waals surface area contributed by atoms with E-state index in [0.29, 0.717) is 18.5 Å². The van der Waals surface area contributed by atoms with E-state index in [-0.39, 0.29) is 5.56 Å². The highest BCUT2D eigenvalue weighted by Gasteiger charge is 2.15. The molecule has 27 heavy (non-hydrogen) atoms. The molecule has 0 aliphatic heterocycles. The second-order valence-corrected chi connectivity index (χ2v) is 7.60. The third-order valence-corrected chi connectivity index (χ3v) is 4.22. The number of aromatic amines is 1. The predicted molar refractivity (Wildman–Crippen MR) is 107 cm³/mol. The lowest BCUT2D eigenvalue weighted by Gasteiger charge is -2.19. The van der Waals surface area contributed by atoms with Crippen molar-refractivity contribution in [2.45, 2.75) is 32.8 Å². The molecule has 0 aliphatic carbocycles. The Bertz CT molecular complexity index is 1030. The van der Waals surface area contributed by atoms with Crippen molar-refractivity contribution >= 4 is 17.0 Å². The first kappa shape index (κ1) is 18.8. The number of fused-ring (bicyclic) bond motifs is 1. The Balaban J connectivity index is 1.76. The Kier molecular flexibility index (Phi) is 5.08. The number of ether oxygens (including phenoxy) is 1. The molecule has 2 aromatic heterocycles. The third-order valence-electron chi connectivity index (χ3n) is 4.22. The van der Waals surface area contributed by atoms with Gasteiger partial charge in [-0.05, 0) is 44.4 Å². The maximum Gasteiger partial charge on any atom is 0.407 e. The summed E-state index contributed by atoms with van der Waals surface area (Å²) in [5.41, 5.74) is 3.21. The molecule has 0 unspecified atom stereocenters. The highest BCUT2D eigenvalue weighted by Crippen LogP contribution is 2.28. The fourth-order valence-corrected chi connectivity index (χ4v) is 3.11. The van der Waals surface area contributed by atoms with Gasteiger partial charge in [-0.15, -0.1) is 0 Å². The van der Waals surface area contributed by atoms with Crippen LogP contribution < -0.4 is 10.9 Å². The van der Waals surface area contributed by atoms with E-state index in [2.05, 4.69) is 16.4 Å². The quantitative estimate of drug-likeness (QED) is 0.740. The standard InChI is InChI=1S/C21H25N3O3/c1-21(2,3)27-20(26)23-10-8-14-6-5-7-15(12-14)17-13-24(4)18-16(17)9-11-22-19(18)25/h5-7,9,11-13H,8,10H2,1-4H3,(H,22,25)(H,23,26). The van der Waals surface area contributed by atoms with Crippen LogP contribution >= 0.6 is 0 Å². The minimum atomic E-state index is -0.504. The van der Waals surface area contributed by atoms with E-state index in [1.54, 1.807) is 6.20 Å². The number of rotatable bonds is 4. The first-order chi connectivity index (χ1) is 12.7. The topological polar surface area (TPSA) is 76.1 Å². The Labute approximate surface area is 158 Å². The number of aromatic nitrogens is 2. The van der Waals surface area contributed by atoms with Gasteiger partial charge in [0, 0.05) is 36.9 Å². The number of H-pyrrole nitrogens is 1. The van der Waals surface area contributed by atoms with Gasteiger partial charge in [0.1, 0.15) is 11.1 Å². The van der Waals surface area contributed by atoms with Gasteiger partial charge in [0.2, 0.25) is 0 Å². The number of hydrogen-bond donors (Lipinski definition) is 2. The molecule has 142 valence electrons. The van der Waals surface area contributed by atoms with Crippen molar-refractivity contribution in [2.24, 2.45) is 7.05 Å². The van der Waals surface area contributed by atoms with Crippen LogP contribution in [0, 0.1) is 0 Å². The van der Waals surface area contributed by atoms with E-state index in [1.807, 2.05) is 62.8 Å². The van der Waals surface area contributed by atoms with Crippen molar-refractivity contribution in [1.29, 1.82) is 0 Å². The summed E-state index contributed by atoms with van der Waals surface area (Å²) in [6.45, 7) is 6.01. The molecular formula is C21H25N3O3. The maximum atomic E-state index is 12.1. The first-order valence-corrected chi connectivity index (χ1v) is 8.97. The van der Waals surface area contributed by atoms with Crippen LogP contribution in [0.25, 0.3) is 22.0 Å². The number of nitrogens with zero attached hydrogens (tertiary/aromatic N) is 1. The van der Waals surface area contributed by atoms with Crippen molar-refractivity contribution in [3.8, 4) is 11.1 Å². The minimum Gasteiger partial charge on any atom is -0.444 e. The van der Waals surface area contributed by atoms with Gasteiger partial charge in [-0.3, -0.25) is 4.79 Å². The Hall–Kier alpha value is -3.02. The zero-order valence-electron chi connectivity index (χ0n) is 16.1. The molecule has 1 amide bonds. The van der Waals surface area contributed by atoms with Crippen LogP contribution in [-0.2, 0) is 18.2 Å². The van der Waals surface area contributed by atoms with Crippen molar-refractivity contribution < 1.29 is 9.53 Å². The molecule has 0 spiro atoms. The molecule has 0 atom stereocenters. The van der Waals surface area contributed by atoms with Gasteiger partial charge >= 0.3 is 6.09 Å². The van der Waals surface area contributed by atoms with Gasteiger partial charge in [-0.1, -0.05) is 24.3 Å². The first-order valence-electron chi connectivity index (χ1n) is 8.97. The van der Waals surface area contributed by atoms with Crippen LogP contribution in [0.15, 0.2) is 47.5 Å². The van der Waals surface area contributed by atoms with Crippen LogP contribution in [0.5, 0.6) is 0 Å². The highest BCUT2D eigenvalue weighted by atomic mass is 16.6. The minimum absolute atomic E-state index is 0.0982. The number of alkyl carbamates (subject to hydrolysis) is 1. The van der Waals surface area contributed by atoms with Crippen LogP contribution in [0.1, 0.15) is 26.3 Å². The molecule has 2 heterocycles. The average Bonchev–Trinajstić information content (AvgIpc) is 2.92. The molecule has 1 aromatic carbocycles.